The average molecular weight is 285 g/mol. The summed E-state index contributed by atoms with van der Waals surface area (Å²) in [6.45, 7) is 0. The van der Waals surface area contributed by atoms with Crippen LogP contribution in [-0.2, 0) is 0 Å². The molecule has 0 aliphatic heterocycles. The number of halogens is 2. The van der Waals surface area contributed by atoms with Crippen LogP contribution >= 0.6 is 27.5 Å². The van der Waals surface area contributed by atoms with E-state index in [9.17, 15) is 0 Å². The van der Waals surface area contributed by atoms with Crippen LogP contribution in [-0.4, -0.2) is 9.97 Å². The largest absolute Gasteiger partial charge is 0.368 e. The summed E-state index contributed by atoms with van der Waals surface area (Å²) in [6.07, 6.45) is 1.63. The van der Waals surface area contributed by atoms with Crippen LogP contribution in [0.4, 0.5) is 5.95 Å². The molecule has 0 saturated carbocycles. The number of hydrogen-bond donors (Lipinski definition) is 1. The Morgan fingerprint density at radius 3 is 2.53 bits per heavy atom. The monoisotopic (exact) mass is 283 g/mol. The van der Waals surface area contributed by atoms with Gasteiger partial charge in [-0.2, -0.15) is 0 Å². The molecular formula is C10H7BrClN3. The van der Waals surface area contributed by atoms with Crippen LogP contribution in [0.2, 0.25) is 5.02 Å². The molecule has 5 heteroatoms. The smallest absolute Gasteiger partial charge is 0.220 e. The van der Waals surface area contributed by atoms with E-state index in [4.69, 9.17) is 17.3 Å². The third kappa shape index (κ3) is 2.27. The predicted octanol–water partition coefficient (Wildman–Crippen LogP) is 3.14. The number of nitrogen functional groups attached to an aromatic ring is 1. The molecule has 0 bridgehead atoms. The zero-order valence-corrected chi connectivity index (χ0v) is 9.96. The van der Waals surface area contributed by atoms with Crippen LogP contribution < -0.4 is 5.73 Å². The number of nitrogens with zero attached hydrogens (tertiary/aromatic N) is 2. The van der Waals surface area contributed by atoms with Crippen molar-refractivity contribution in [3.8, 4) is 11.3 Å². The zero-order chi connectivity index (χ0) is 10.8. The predicted molar refractivity (Wildman–Crippen MR) is 64.6 cm³/mol. The molecule has 2 N–H and O–H groups in total. The first-order chi connectivity index (χ1) is 7.16. The molecule has 2 aromatic rings. The zero-order valence-electron chi connectivity index (χ0n) is 7.61. The molecule has 0 atom stereocenters. The van der Waals surface area contributed by atoms with Gasteiger partial charge >= 0.3 is 0 Å². The summed E-state index contributed by atoms with van der Waals surface area (Å²) in [7, 11) is 0. The maximum absolute atomic E-state index is 5.80. The lowest BCUT2D eigenvalue weighted by Gasteiger charge is -2.03. The minimum atomic E-state index is 0.253. The minimum absolute atomic E-state index is 0.253. The summed E-state index contributed by atoms with van der Waals surface area (Å²) in [5.74, 6) is 0.253. The van der Waals surface area contributed by atoms with Crippen LogP contribution in [0.15, 0.2) is 34.9 Å². The maximum atomic E-state index is 5.80. The van der Waals surface area contributed by atoms with Crippen molar-refractivity contribution in [1.29, 1.82) is 0 Å². The van der Waals surface area contributed by atoms with Gasteiger partial charge in [-0.25, -0.2) is 9.97 Å². The molecule has 76 valence electrons. The van der Waals surface area contributed by atoms with E-state index in [-0.39, 0.29) is 5.95 Å². The Balaban J connectivity index is 2.53. The molecule has 0 aliphatic carbocycles. The first-order valence-corrected chi connectivity index (χ1v) is 5.38. The second-order valence-electron chi connectivity index (χ2n) is 2.93. The molecule has 0 fully saturated rings. The Morgan fingerprint density at radius 1 is 1.20 bits per heavy atom. The molecule has 1 heterocycles. The van der Waals surface area contributed by atoms with Gasteiger partial charge in [0.2, 0.25) is 5.95 Å². The molecule has 1 aromatic heterocycles. The lowest BCUT2D eigenvalue weighted by molar-refractivity contribution is 1.17. The van der Waals surface area contributed by atoms with E-state index in [0.717, 1.165) is 15.7 Å². The normalized spacial score (nSPS) is 10.3. The Kier molecular flexibility index (Phi) is 2.88. The third-order valence-corrected chi connectivity index (χ3v) is 2.71. The van der Waals surface area contributed by atoms with Crippen LogP contribution in [0, 0.1) is 0 Å². The van der Waals surface area contributed by atoms with Crippen molar-refractivity contribution < 1.29 is 0 Å². The van der Waals surface area contributed by atoms with E-state index >= 15 is 0 Å². The molecule has 0 aliphatic rings. The molecular weight excluding hydrogens is 277 g/mol. The van der Waals surface area contributed by atoms with Gasteiger partial charge in [-0.05, 0) is 28.1 Å². The van der Waals surface area contributed by atoms with Gasteiger partial charge in [0, 0.05) is 16.8 Å². The van der Waals surface area contributed by atoms with Crippen molar-refractivity contribution in [3.05, 3.63) is 40.0 Å². The topological polar surface area (TPSA) is 51.8 Å². The van der Waals surface area contributed by atoms with Crippen LogP contribution in [0.5, 0.6) is 0 Å². The molecule has 3 nitrogen and oxygen atoms in total. The highest BCUT2D eigenvalue weighted by atomic mass is 79.9. The highest BCUT2D eigenvalue weighted by Gasteiger charge is 2.05. The molecule has 0 radical (unpaired) electrons. The van der Waals surface area contributed by atoms with Crippen molar-refractivity contribution in [2.24, 2.45) is 0 Å². The Morgan fingerprint density at radius 2 is 1.87 bits per heavy atom. The molecule has 0 spiro atoms. The number of rotatable bonds is 1. The highest BCUT2D eigenvalue weighted by molar-refractivity contribution is 9.10. The third-order valence-electron chi connectivity index (χ3n) is 1.88. The van der Waals surface area contributed by atoms with Gasteiger partial charge in [-0.1, -0.05) is 23.7 Å². The summed E-state index contributed by atoms with van der Waals surface area (Å²) < 4.78 is 0.805. The number of hydrogen-bond acceptors (Lipinski definition) is 3. The Labute approximate surface area is 100 Å². The van der Waals surface area contributed by atoms with E-state index in [2.05, 4.69) is 25.9 Å². The lowest BCUT2D eigenvalue weighted by atomic mass is 10.1. The number of benzene rings is 1. The average Bonchev–Trinajstić information content (AvgIpc) is 2.23. The maximum Gasteiger partial charge on any atom is 0.220 e. The van der Waals surface area contributed by atoms with Crippen molar-refractivity contribution in [3.63, 3.8) is 0 Å². The van der Waals surface area contributed by atoms with Crippen molar-refractivity contribution in [2.75, 3.05) is 5.73 Å². The van der Waals surface area contributed by atoms with Gasteiger partial charge in [0.05, 0.1) is 10.2 Å². The lowest BCUT2D eigenvalue weighted by Crippen LogP contribution is -1.96. The molecule has 15 heavy (non-hydrogen) atoms. The number of anilines is 1. The van der Waals surface area contributed by atoms with E-state index in [0.29, 0.717) is 5.02 Å². The quantitative estimate of drug-likeness (QED) is 0.875. The molecule has 2 rings (SSSR count). The van der Waals surface area contributed by atoms with Gasteiger partial charge in [0.25, 0.3) is 0 Å². The van der Waals surface area contributed by atoms with Crippen molar-refractivity contribution in [2.45, 2.75) is 0 Å². The minimum Gasteiger partial charge on any atom is -0.368 e. The van der Waals surface area contributed by atoms with Gasteiger partial charge < -0.3 is 5.73 Å². The molecule has 0 saturated heterocycles. The van der Waals surface area contributed by atoms with Crippen LogP contribution in [0.25, 0.3) is 11.3 Å². The highest BCUT2D eigenvalue weighted by Crippen LogP contribution is 2.26. The summed E-state index contributed by atoms with van der Waals surface area (Å²) >= 11 is 9.17. The fourth-order valence-electron chi connectivity index (χ4n) is 1.19. The Bertz CT molecular complexity index is 485. The second-order valence-corrected chi connectivity index (χ2v) is 4.22. The van der Waals surface area contributed by atoms with Crippen LogP contribution in [0.3, 0.4) is 0 Å². The van der Waals surface area contributed by atoms with Gasteiger partial charge in [-0.15, -0.1) is 0 Å². The fourth-order valence-corrected chi connectivity index (χ4v) is 1.74. The van der Waals surface area contributed by atoms with E-state index in [1.54, 1.807) is 6.20 Å². The first-order valence-electron chi connectivity index (χ1n) is 4.21. The molecule has 0 unspecified atom stereocenters. The summed E-state index contributed by atoms with van der Waals surface area (Å²) in [5, 5.41) is 0.692. The van der Waals surface area contributed by atoms with Gasteiger partial charge in [-0.3, -0.25) is 0 Å². The van der Waals surface area contributed by atoms with E-state index in [1.807, 2.05) is 24.3 Å². The van der Waals surface area contributed by atoms with Gasteiger partial charge in [0.1, 0.15) is 0 Å². The summed E-state index contributed by atoms with van der Waals surface area (Å²) in [5.41, 5.74) is 7.23. The second kappa shape index (κ2) is 4.16. The molecule has 1 aromatic carbocycles. The summed E-state index contributed by atoms with van der Waals surface area (Å²) in [6, 6.07) is 7.38. The van der Waals surface area contributed by atoms with Gasteiger partial charge in [0.15, 0.2) is 0 Å². The fraction of sp³-hybridized carbons (Fsp3) is 0. The number of aromatic nitrogens is 2. The number of nitrogens with two attached hydrogens (primary N) is 1. The standard InChI is InChI=1S/C10H7BrClN3/c11-8-5-14-10(13)15-9(8)6-1-3-7(12)4-2-6/h1-5H,(H2,13,14,15). The van der Waals surface area contributed by atoms with E-state index < -0.39 is 0 Å². The summed E-state index contributed by atoms with van der Waals surface area (Å²) in [4.78, 5) is 8.03. The SMILES string of the molecule is Nc1ncc(Br)c(-c2ccc(Cl)cc2)n1. The van der Waals surface area contributed by atoms with E-state index in [1.165, 1.54) is 0 Å². The van der Waals surface area contributed by atoms with Crippen LogP contribution in [0.1, 0.15) is 0 Å². The molecule has 0 amide bonds. The Hall–Kier alpha value is -1.13. The first kappa shape index (κ1) is 10.4. The van der Waals surface area contributed by atoms with Crippen molar-refractivity contribution in [1.82, 2.24) is 9.97 Å². The van der Waals surface area contributed by atoms with Crippen molar-refractivity contribution >= 4 is 33.5 Å².